The van der Waals surface area contributed by atoms with Gasteiger partial charge >= 0.3 is 5.97 Å². The molecule has 1 N–H and O–H groups in total. The summed E-state index contributed by atoms with van der Waals surface area (Å²) < 4.78 is 18.6. The third-order valence-electron chi connectivity index (χ3n) is 4.24. The largest absolute Gasteiger partial charge is 0.496 e. The Morgan fingerprint density at radius 2 is 2.26 bits per heavy atom. The third kappa shape index (κ3) is 3.36. The molecule has 0 bridgehead atoms. The lowest BCUT2D eigenvalue weighted by molar-refractivity contribution is -0.151. The van der Waals surface area contributed by atoms with Gasteiger partial charge in [-0.25, -0.2) is 4.39 Å². The van der Waals surface area contributed by atoms with Crippen LogP contribution in [-0.2, 0) is 4.79 Å². The fourth-order valence-electron chi connectivity index (χ4n) is 3.03. The number of carbonyl (C=O) groups is 2. The molecule has 1 fully saturated rings. The van der Waals surface area contributed by atoms with Crippen LogP contribution in [-0.4, -0.2) is 42.1 Å². The summed E-state index contributed by atoms with van der Waals surface area (Å²) in [6.07, 6.45) is 2.90. The number of allylic oxidation sites excluding steroid dienone is 1. The average molecular weight is 321 g/mol. The fourth-order valence-corrected chi connectivity index (χ4v) is 3.03. The molecule has 1 atom stereocenters. The second kappa shape index (κ2) is 6.81. The van der Waals surface area contributed by atoms with Crippen LogP contribution in [0.3, 0.4) is 0 Å². The van der Waals surface area contributed by atoms with Crippen molar-refractivity contribution in [3.63, 3.8) is 0 Å². The summed E-state index contributed by atoms with van der Waals surface area (Å²) in [4.78, 5) is 25.8. The van der Waals surface area contributed by atoms with Crippen molar-refractivity contribution in [1.82, 2.24) is 4.90 Å². The van der Waals surface area contributed by atoms with Gasteiger partial charge in [0.05, 0.1) is 18.1 Å². The van der Waals surface area contributed by atoms with Gasteiger partial charge in [0, 0.05) is 13.1 Å². The van der Waals surface area contributed by atoms with Crippen LogP contribution < -0.4 is 4.74 Å². The Labute approximate surface area is 134 Å². The Bertz CT molecular complexity index is 631. The number of likely N-dealkylation sites (tertiary alicyclic amines) is 1. The first-order chi connectivity index (χ1) is 10.9. The summed E-state index contributed by atoms with van der Waals surface area (Å²) in [7, 11) is 1.40. The highest BCUT2D eigenvalue weighted by Crippen LogP contribution is 2.35. The number of methoxy groups -OCH3 is 1. The lowest BCUT2D eigenvalue weighted by Crippen LogP contribution is -2.49. The molecule has 0 radical (unpaired) electrons. The molecule has 1 amide bonds. The minimum atomic E-state index is -1.03. The first-order valence-corrected chi connectivity index (χ1v) is 7.40. The first-order valence-electron chi connectivity index (χ1n) is 7.40. The zero-order valence-corrected chi connectivity index (χ0v) is 13.0. The van der Waals surface area contributed by atoms with Crippen LogP contribution in [0.15, 0.2) is 30.9 Å². The fraction of sp³-hybridized carbons (Fsp3) is 0.412. The lowest BCUT2D eigenvalue weighted by atomic mass is 9.77. The van der Waals surface area contributed by atoms with Crippen LogP contribution in [0.5, 0.6) is 5.75 Å². The molecule has 5 nitrogen and oxygen atoms in total. The summed E-state index contributed by atoms with van der Waals surface area (Å²) >= 11 is 0. The highest BCUT2D eigenvalue weighted by atomic mass is 19.1. The number of nitrogens with zero attached hydrogens (tertiary/aromatic N) is 1. The van der Waals surface area contributed by atoms with Gasteiger partial charge in [-0.15, -0.1) is 6.58 Å². The summed E-state index contributed by atoms with van der Waals surface area (Å²) in [5.41, 5.74) is -0.928. The Hall–Kier alpha value is -2.37. The molecule has 1 heterocycles. The molecule has 2 rings (SSSR count). The maximum atomic E-state index is 13.5. The maximum absolute atomic E-state index is 13.5. The molecule has 1 aromatic carbocycles. The van der Waals surface area contributed by atoms with E-state index >= 15 is 0 Å². The first kappa shape index (κ1) is 17.0. The molecule has 124 valence electrons. The van der Waals surface area contributed by atoms with Crippen molar-refractivity contribution in [2.75, 3.05) is 20.2 Å². The number of piperidine rings is 1. The van der Waals surface area contributed by atoms with E-state index in [0.29, 0.717) is 19.4 Å². The highest BCUT2D eigenvalue weighted by molar-refractivity contribution is 5.97. The van der Waals surface area contributed by atoms with E-state index in [2.05, 4.69) is 6.58 Å². The van der Waals surface area contributed by atoms with Crippen LogP contribution in [0.25, 0.3) is 0 Å². The molecular formula is C17H20FNO4. The zero-order chi connectivity index (χ0) is 17.0. The molecule has 1 aromatic rings. The molecule has 1 aliphatic heterocycles. The van der Waals surface area contributed by atoms with Gasteiger partial charge in [0.25, 0.3) is 5.91 Å². The van der Waals surface area contributed by atoms with Gasteiger partial charge in [-0.2, -0.15) is 0 Å². The number of aliphatic carboxylic acids is 1. The molecule has 0 spiro atoms. The van der Waals surface area contributed by atoms with Gasteiger partial charge in [0.1, 0.15) is 11.6 Å². The van der Waals surface area contributed by atoms with Crippen LogP contribution in [0.1, 0.15) is 29.6 Å². The Kier molecular flexibility index (Phi) is 5.03. The van der Waals surface area contributed by atoms with Crippen LogP contribution in [0, 0.1) is 11.2 Å². The summed E-state index contributed by atoms with van der Waals surface area (Å²) in [6.45, 7) is 4.12. The molecule has 0 aliphatic carbocycles. The molecule has 1 unspecified atom stereocenters. The van der Waals surface area contributed by atoms with Crippen molar-refractivity contribution in [2.45, 2.75) is 19.3 Å². The quantitative estimate of drug-likeness (QED) is 0.847. The molecule has 0 aromatic heterocycles. The molecule has 0 saturated carbocycles. The van der Waals surface area contributed by atoms with E-state index in [4.69, 9.17) is 4.74 Å². The minimum Gasteiger partial charge on any atom is -0.496 e. The number of hydrogen-bond acceptors (Lipinski definition) is 3. The van der Waals surface area contributed by atoms with Crippen LogP contribution in [0.4, 0.5) is 4.39 Å². The van der Waals surface area contributed by atoms with Gasteiger partial charge in [-0.05, 0) is 37.5 Å². The van der Waals surface area contributed by atoms with Gasteiger partial charge in [0.2, 0.25) is 0 Å². The third-order valence-corrected chi connectivity index (χ3v) is 4.24. The van der Waals surface area contributed by atoms with Gasteiger partial charge in [0.15, 0.2) is 0 Å². The van der Waals surface area contributed by atoms with Crippen molar-refractivity contribution >= 4 is 11.9 Å². The molecular weight excluding hydrogens is 301 g/mol. The Balaban J connectivity index is 2.31. The number of benzene rings is 1. The number of rotatable bonds is 5. The van der Waals surface area contributed by atoms with Crippen molar-refractivity contribution in [2.24, 2.45) is 5.41 Å². The predicted molar refractivity (Wildman–Crippen MR) is 83.0 cm³/mol. The smallest absolute Gasteiger partial charge is 0.311 e. The lowest BCUT2D eigenvalue weighted by Gasteiger charge is -2.39. The van der Waals surface area contributed by atoms with E-state index in [-0.39, 0.29) is 24.3 Å². The zero-order valence-electron chi connectivity index (χ0n) is 13.0. The van der Waals surface area contributed by atoms with Crippen molar-refractivity contribution in [3.05, 3.63) is 42.2 Å². The number of amides is 1. The van der Waals surface area contributed by atoms with E-state index in [0.717, 1.165) is 6.07 Å². The summed E-state index contributed by atoms with van der Waals surface area (Å²) in [5, 5.41) is 9.56. The number of carboxylic acids is 1. The predicted octanol–water partition coefficient (Wildman–Crippen LogP) is 2.72. The van der Waals surface area contributed by atoms with Crippen molar-refractivity contribution in [3.8, 4) is 5.75 Å². The summed E-state index contributed by atoms with van der Waals surface area (Å²) in [6, 6.07) is 3.72. The monoisotopic (exact) mass is 321 g/mol. The SMILES string of the molecule is C=CCC1(C(=O)O)CCCN(C(=O)c2cc(F)ccc2OC)C1. The molecule has 1 saturated heterocycles. The number of ether oxygens (including phenoxy) is 1. The minimum absolute atomic E-state index is 0.0762. The number of hydrogen-bond donors (Lipinski definition) is 1. The second-order valence-corrected chi connectivity index (χ2v) is 5.75. The van der Waals surface area contributed by atoms with E-state index in [1.165, 1.54) is 24.1 Å². The maximum Gasteiger partial charge on any atom is 0.311 e. The standard InChI is InChI=1S/C17H20FNO4/c1-3-7-17(16(21)22)8-4-9-19(11-17)15(20)13-10-12(18)5-6-14(13)23-2/h3,5-6,10H,1,4,7-9,11H2,2H3,(H,21,22). The topological polar surface area (TPSA) is 66.8 Å². The number of carbonyl (C=O) groups excluding carboxylic acids is 1. The summed E-state index contributed by atoms with van der Waals surface area (Å²) in [5.74, 6) is -1.63. The van der Waals surface area contributed by atoms with Gasteiger partial charge in [-0.1, -0.05) is 6.08 Å². The Morgan fingerprint density at radius 3 is 2.87 bits per heavy atom. The normalized spacial score (nSPS) is 20.9. The van der Waals surface area contributed by atoms with Crippen molar-refractivity contribution in [1.29, 1.82) is 0 Å². The number of carboxylic acid groups (broad SMARTS) is 1. The van der Waals surface area contributed by atoms with Crippen LogP contribution in [0.2, 0.25) is 0 Å². The molecule has 23 heavy (non-hydrogen) atoms. The van der Waals surface area contributed by atoms with Crippen LogP contribution >= 0.6 is 0 Å². The second-order valence-electron chi connectivity index (χ2n) is 5.75. The van der Waals surface area contributed by atoms with Crippen molar-refractivity contribution < 1.29 is 23.8 Å². The number of halogens is 1. The average Bonchev–Trinajstić information content (AvgIpc) is 2.54. The Morgan fingerprint density at radius 1 is 1.52 bits per heavy atom. The van der Waals surface area contributed by atoms with Gasteiger partial charge in [-0.3, -0.25) is 9.59 Å². The van der Waals surface area contributed by atoms with E-state index in [9.17, 15) is 19.1 Å². The highest BCUT2D eigenvalue weighted by Gasteiger charge is 2.43. The van der Waals surface area contributed by atoms with E-state index < -0.39 is 23.1 Å². The molecule has 6 heteroatoms. The van der Waals surface area contributed by atoms with Gasteiger partial charge < -0.3 is 14.7 Å². The molecule has 1 aliphatic rings. The van der Waals surface area contributed by atoms with E-state index in [1.807, 2.05) is 0 Å². The van der Waals surface area contributed by atoms with E-state index in [1.54, 1.807) is 6.08 Å².